The zero-order chi connectivity index (χ0) is 14.0. The average Bonchev–Trinajstić information content (AvgIpc) is 2.79. The van der Waals surface area contributed by atoms with Crippen molar-refractivity contribution in [1.82, 2.24) is 4.90 Å². The number of nitrogens with zero attached hydrogens (tertiary/aromatic N) is 1. The van der Waals surface area contributed by atoms with Gasteiger partial charge in [0.05, 0.1) is 5.56 Å². The number of carbonyl (C=O) groups excluding carboxylic acids is 1. The number of hydrogen-bond donors (Lipinski definition) is 1. The van der Waals surface area contributed by atoms with Crippen LogP contribution in [0.4, 0.5) is 4.39 Å². The van der Waals surface area contributed by atoms with Gasteiger partial charge in [0.2, 0.25) is 0 Å². The Bertz CT molecular complexity index is 515. The quantitative estimate of drug-likeness (QED) is 0.910. The van der Waals surface area contributed by atoms with Crippen molar-refractivity contribution in [3.8, 4) is 0 Å². The third kappa shape index (κ3) is 2.92. The van der Waals surface area contributed by atoms with Gasteiger partial charge in [0.25, 0.3) is 5.91 Å². The van der Waals surface area contributed by atoms with Crippen LogP contribution in [0.25, 0.3) is 0 Å². The Balaban J connectivity index is 2.09. The SMILES string of the molecule is Cc1cccc(C(=O)N2CCC(CC(=O)O)C2)c1F. The van der Waals surface area contributed by atoms with Crippen LogP contribution in [0.5, 0.6) is 0 Å². The maximum absolute atomic E-state index is 13.9. The maximum atomic E-state index is 13.9. The molecule has 1 saturated heterocycles. The molecule has 0 bridgehead atoms. The topological polar surface area (TPSA) is 57.6 Å². The first-order chi connectivity index (χ1) is 8.99. The fraction of sp³-hybridized carbons (Fsp3) is 0.429. The summed E-state index contributed by atoms with van der Waals surface area (Å²) in [6.45, 7) is 2.49. The fourth-order valence-corrected chi connectivity index (χ4v) is 2.41. The van der Waals surface area contributed by atoms with Crippen molar-refractivity contribution in [3.05, 3.63) is 35.1 Å². The van der Waals surface area contributed by atoms with Gasteiger partial charge in [-0.3, -0.25) is 9.59 Å². The van der Waals surface area contributed by atoms with E-state index in [0.717, 1.165) is 0 Å². The molecule has 1 amide bonds. The van der Waals surface area contributed by atoms with Gasteiger partial charge in [0.15, 0.2) is 0 Å². The minimum absolute atomic E-state index is 0.0330. The van der Waals surface area contributed by atoms with Crippen LogP contribution in [-0.2, 0) is 4.79 Å². The maximum Gasteiger partial charge on any atom is 0.303 e. The molecule has 19 heavy (non-hydrogen) atoms. The number of benzene rings is 1. The summed E-state index contributed by atoms with van der Waals surface area (Å²) >= 11 is 0. The predicted octanol–water partition coefficient (Wildman–Crippen LogP) is 2.07. The van der Waals surface area contributed by atoms with Crippen molar-refractivity contribution < 1.29 is 19.1 Å². The van der Waals surface area contributed by atoms with Crippen molar-refractivity contribution in [2.45, 2.75) is 19.8 Å². The van der Waals surface area contributed by atoms with Gasteiger partial charge in [0, 0.05) is 19.5 Å². The number of aryl methyl sites for hydroxylation is 1. The monoisotopic (exact) mass is 265 g/mol. The van der Waals surface area contributed by atoms with E-state index in [2.05, 4.69) is 0 Å². The van der Waals surface area contributed by atoms with Crippen LogP contribution >= 0.6 is 0 Å². The molecule has 0 aliphatic carbocycles. The second-order valence-electron chi connectivity index (χ2n) is 4.94. The fourth-order valence-electron chi connectivity index (χ4n) is 2.41. The predicted molar refractivity (Wildman–Crippen MR) is 67.4 cm³/mol. The summed E-state index contributed by atoms with van der Waals surface area (Å²) in [7, 11) is 0. The lowest BCUT2D eigenvalue weighted by Crippen LogP contribution is -2.29. The summed E-state index contributed by atoms with van der Waals surface area (Å²) in [5.74, 6) is -1.74. The molecule has 1 aromatic carbocycles. The molecular weight excluding hydrogens is 249 g/mol. The van der Waals surface area contributed by atoms with Gasteiger partial charge in [-0.2, -0.15) is 0 Å². The molecule has 4 nitrogen and oxygen atoms in total. The highest BCUT2D eigenvalue weighted by molar-refractivity contribution is 5.94. The summed E-state index contributed by atoms with van der Waals surface area (Å²) in [5.41, 5.74) is 0.503. The standard InChI is InChI=1S/C14H16FNO3/c1-9-3-2-4-11(13(9)15)14(19)16-6-5-10(8-16)7-12(17)18/h2-4,10H,5-8H2,1H3,(H,17,18). The first kappa shape index (κ1) is 13.5. The molecule has 1 unspecified atom stereocenters. The van der Waals surface area contributed by atoms with Gasteiger partial charge < -0.3 is 10.0 Å². The van der Waals surface area contributed by atoms with E-state index in [0.29, 0.717) is 25.1 Å². The van der Waals surface area contributed by atoms with E-state index >= 15 is 0 Å². The largest absolute Gasteiger partial charge is 0.481 e. The molecule has 102 valence electrons. The second-order valence-corrected chi connectivity index (χ2v) is 4.94. The molecule has 1 heterocycles. The first-order valence-corrected chi connectivity index (χ1v) is 6.25. The molecule has 1 aliphatic rings. The van der Waals surface area contributed by atoms with E-state index in [9.17, 15) is 14.0 Å². The number of carboxylic acids is 1. The van der Waals surface area contributed by atoms with Crippen LogP contribution in [0.3, 0.4) is 0 Å². The second kappa shape index (κ2) is 5.38. The van der Waals surface area contributed by atoms with Crippen molar-refractivity contribution in [2.24, 2.45) is 5.92 Å². The molecule has 0 spiro atoms. The lowest BCUT2D eigenvalue weighted by Gasteiger charge is -2.17. The summed E-state index contributed by atoms with van der Waals surface area (Å²) in [5, 5.41) is 8.73. The Hall–Kier alpha value is -1.91. The van der Waals surface area contributed by atoms with E-state index in [-0.39, 0.29) is 23.8 Å². The molecule has 1 aromatic rings. The molecule has 1 aliphatic heterocycles. The molecule has 1 fully saturated rings. The molecule has 5 heteroatoms. The molecule has 2 rings (SSSR count). The summed E-state index contributed by atoms with van der Waals surface area (Å²) in [4.78, 5) is 24.4. The highest BCUT2D eigenvalue weighted by Gasteiger charge is 2.29. The molecule has 1 atom stereocenters. The molecule has 0 radical (unpaired) electrons. The molecular formula is C14H16FNO3. The number of likely N-dealkylation sites (tertiary alicyclic amines) is 1. The van der Waals surface area contributed by atoms with Gasteiger partial charge in [-0.1, -0.05) is 12.1 Å². The minimum atomic E-state index is -0.860. The highest BCUT2D eigenvalue weighted by atomic mass is 19.1. The van der Waals surface area contributed by atoms with Crippen molar-refractivity contribution in [3.63, 3.8) is 0 Å². The molecule has 0 saturated carbocycles. The van der Waals surface area contributed by atoms with Crippen LogP contribution in [0.15, 0.2) is 18.2 Å². The summed E-state index contributed by atoms with van der Waals surface area (Å²) in [6, 6.07) is 4.73. The molecule has 0 aromatic heterocycles. The Morgan fingerprint density at radius 3 is 2.89 bits per heavy atom. The number of carboxylic acid groups (broad SMARTS) is 1. The van der Waals surface area contributed by atoms with Crippen molar-refractivity contribution >= 4 is 11.9 Å². The van der Waals surface area contributed by atoms with Crippen molar-refractivity contribution in [2.75, 3.05) is 13.1 Å². The van der Waals surface area contributed by atoms with E-state index in [1.54, 1.807) is 19.1 Å². The summed E-state index contributed by atoms with van der Waals surface area (Å²) < 4.78 is 13.9. The van der Waals surface area contributed by atoms with Crippen molar-refractivity contribution in [1.29, 1.82) is 0 Å². The van der Waals surface area contributed by atoms with Gasteiger partial charge in [-0.25, -0.2) is 4.39 Å². The number of hydrogen-bond acceptors (Lipinski definition) is 2. The Morgan fingerprint density at radius 1 is 1.47 bits per heavy atom. The van der Waals surface area contributed by atoms with Crippen LogP contribution in [0.2, 0.25) is 0 Å². The third-order valence-corrected chi connectivity index (χ3v) is 3.46. The summed E-state index contributed by atoms with van der Waals surface area (Å²) in [6.07, 6.45) is 0.714. The van der Waals surface area contributed by atoms with E-state index < -0.39 is 11.8 Å². The zero-order valence-electron chi connectivity index (χ0n) is 10.7. The van der Waals surface area contributed by atoms with Gasteiger partial charge >= 0.3 is 5.97 Å². The van der Waals surface area contributed by atoms with E-state index in [1.807, 2.05) is 0 Å². The Kier molecular flexibility index (Phi) is 3.83. The molecule has 1 N–H and O–H groups in total. The number of rotatable bonds is 3. The van der Waals surface area contributed by atoms with Crippen LogP contribution in [0, 0.1) is 18.7 Å². The van der Waals surface area contributed by atoms with Gasteiger partial charge in [-0.15, -0.1) is 0 Å². The third-order valence-electron chi connectivity index (χ3n) is 3.46. The van der Waals surface area contributed by atoms with Gasteiger partial charge in [-0.05, 0) is 30.9 Å². The average molecular weight is 265 g/mol. The smallest absolute Gasteiger partial charge is 0.303 e. The van der Waals surface area contributed by atoms with Gasteiger partial charge in [0.1, 0.15) is 5.82 Å². The number of carbonyl (C=O) groups is 2. The Labute approximate surface area is 110 Å². The lowest BCUT2D eigenvalue weighted by atomic mass is 10.1. The van der Waals surface area contributed by atoms with Crippen LogP contribution < -0.4 is 0 Å². The number of aliphatic carboxylic acids is 1. The van der Waals surface area contributed by atoms with Crippen LogP contribution in [0.1, 0.15) is 28.8 Å². The van der Waals surface area contributed by atoms with Crippen LogP contribution in [-0.4, -0.2) is 35.0 Å². The first-order valence-electron chi connectivity index (χ1n) is 6.25. The van der Waals surface area contributed by atoms with E-state index in [4.69, 9.17) is 5.11 Å². The van der Waals surface area contributed by atoms with E-state index in [1.165, 1.54) is 11.0 Å². The number of amides is 1. The highest BCUT2D eigenvalue weighted by Crippen LogP contribution is 2.23. The zero-order valence-corrected chi connectivity index (χ0v) is 10.7. The number of halogens is 1. The minimum Gasteiger partial charge on any atom is -0.481 e. The Morgan fingerprint density at radius 2 is 2.21 bits per heavy atom. The lowest BCUT2D eigenvalue weighted by molar-refractivity contribution is -0.138. The normalized spacial score (nSPS) is 18.6.